The number of hydrogen-bond donors (Lipinski definition) is 2. The Balaban J connectivity index is 2.58. The molecule has 0 saturated heterocycles. The van der Waals surface area contributed by atoms with E-state index in [-0.39, 0.29) is 6.04 Å². The van der Waals surface area contributed by atoms with Gasteiger partial charge in [-0.2, -0.15) is 5.10 Å². The van der Waals surface area contributed by atoms with E-state index in [2.05, 4.69) is 20.4 Å². The molecule has 0 aliphatic carbocycles. The summed E-state index contributed by atoms with van der Waals surface area (Å²) in [5, 5.41) is 7.16. The molecule has 78 valence electrons. The lowest BCUT2D eigenvalue weighted by atomic mass is 10.3. The first-order valence-electron chi connectivity index (χ1n) is 4.55. The van der Waals surface area contributed by atoms with Gasteiger partial charge in [-0.1, -0.05) is 0 Å². The quantitative estimate of drug-likeness (QED) is 0.518. The number of aromatic nitrogens is 3. The minimum Gasteiger partial charge on any atom is -0.370 e. The fourth-order valence-electron chi connectivity index (χ4n) is 1.06. The van der Waals surface area contributed by atoms with Crippen LogP contribution in [0.5, 0.6) is 0 Å². The highest BCUT2D eigenvalue weighted by molar-refractivity contribution is 5.78. The van der Waals surface area contributed by atoms with Crippen molar-refractivity contribution in [3.05, 3.63) is 12.2 Å². The van der Waals surface area contributed by atoms with Crippen LogP contribution in [0.15, 0.2) is 11.3 Å². The Morgan fingerprint density at radius 3 is 3.00 bits per heavy atom. The van der Waals surface area contributed by atoms with E-state index in [9.17, 15) is 0 Å². The minimum absolute atomic E-state index is 0.0218. The highest BCUT2D eigenvalue weighted by Gasteiger charge is 2.09. The summed E-state index contributed by atoms with van der Waals surface area (Å²) in [6, 6.07) is -0.0218. The fourth-order valence-corrected chi connectivity index (χ4v) is 1.06. The number of aliphatic imine (C=N–C) groups is 1. The molecular weight excluding hydrogens is 180 g/mol. The zero-order chi connectivity index (χ0) is 10.6. The van der Waals surface area contributed by atoms with Crippen molar-refractivity contribution >= 4 is 5.96 Å². The van der Waals surface area contributed by atoms with Crippen molar-refractivity contribution in [3.8, 4) is 0 Å². The molecule has 1 unspecified atom stereocenters. The van der Waals surface area contributed by atoms with E-state index < -0.39 is 0 Å². The van der Waals surface area contributed by atoms with Crippen molar-refractivity contribution < 1.29 is 0 Å². The zero-order valence-electron chi connectivity index (χ0n) is 8.73. The highest BCUT2D eigenvalue weighted by atomic mass is 15.3. The van der Waals surface area contributed by atoms with Gasteiger partial charge in [0.25, 0.3) is 0 Å². The topological polar surface area (TPSA) is 81.1 Å². The van der Waals surface area contributed by atoms with E-state index in [0.717, 1.165) is 0 Å². The van der Waals surface area contributed by atoms with Crippen LogP contribution in [0.4, 0.5) is 0 Å². The van der Waals surface area contributed by atoms with E-state index in [4.69, 9.17) is 5.73 Å². The smallest absolute Gasteiger partial charge is 0.189 e. The van der Waals surface area contributed by atoms with Gasteiger partial charge in [-0.15, -0.1) is 0 Å². The average molecular weight is 196 g/mol. The number of rotatable bonds is 3. The lowest BCUT2D eigenvalue weighted by Crippen LogP contribution is -2.34. The Morgan fingerprint density at radius 1 is 1.79 bits per heavy atom. The van der Waals surface area contributed by atoms with Crippen LogP contribution in [0, 0.1) is 0 Å². The average Bonchev–Trinajstić information content (AvgIpc) is 2.52. The summed E-state index contributed by atoms with van der Waals surface area (Å²) >= 11 is 0. The molecule has 0 aromatic carbocycles. The molecule has 6 nitrogen and oxygen atoms in total. The number of nitrogens with zero attached hydrogens (tertiary/aromatic N) is 4. The number of aryl methyl sites for hydroxylation is 1. The van der Waals surface area contributed by atoms with Crippen molar-refractivity contribution in [2.75, 3.05) is 6.54 Å². The van der Waals surface area contributed by atoms with Gasteiger partial charge in [0.05, 0.1) is 6.04 Å². The number of nitrogens with one attached hydrogen (secondary N) is 1. The van der Waals surface area contributed by atoms with Crippen LogP contribution in [-0.2, 0) is 7.05 Å². The first-order chi connectivity index (χ1) is 6.63. The SMILES string of the molecule is CCN=C(N)NC(C)c1ncn(C)n1. The van der Waals surface area contributed by atoms with Gasteiger partial charge in [0.1, 0.15) is 6.33 Å². The van der Waals surface area contributed by atoms with Crippen LogP contribution in [0.3, 0.4) is 0 Å². The maximum absolute atomic E-state index is 5.61. The molecule has 0 aliphatic rings. The van der Waals surface area contributed by atoms with Crippen molar-refractivity contribution in [2.24, 2.45) is 17.8 Å². The fraction of sp³-hybridized carbons (Fsp3) is 0.625. The Kier molecular flexibility index (Phi) is 3.44. The highest BCUT2D eigenvalue weighted by Crippen LogP contribution is 2.03. The second-order valence-corrected chi connectivity index (χ2v) is 3.00. The van der Waals surface area contributed by atoms with Crippen molar-refractivity contribution in [3.63, 3.8) is 0 Å². The maximum atomic E-state index is 5.61. The number of nitrogens with two attached hydrogens (primary N) is 1. The predicted molar refractivity (Wildman–Crippen MR) is 54.7 cm³/mol. The lowest BCUT2D eigenvalue weighted by Gasteiger charge is -2.10. The summed E-state index contributed by atoms with van der Waals surface area (Å²) in [4.78, 5) is 8.13. The molecule has 1 aromatic heterocycles. The molecular formula is C8H16N6. The van der Waals surface area contributed by atoms with Crippen LogP contribution >= 0.6 is 0 Å². The van der Waals surface area contributed by atoms with Gasteiger partial charge in [0, 0.05) is 13.6 Å². The molecule has 0 bridgehead atoms. The first kappa shape index (κ1) is 10.5. The number of guanidine groups is 1. The monoisotopic (exact) mass is 196 g/mol. The molecule has 6 heteroatoms. The molecule has 1 aromatic rings. The third-order valence-corrected chi connectivity index (χ3v) is 1.70. The van der Waals surface area contributed by atoms with Gasteiger partial charge in [-0.25, -0.2) is 4.98 Å². The third kappa shape index (κ3) is 2.72. The standard InChI is InChI=1S/C8H16N6/c1-4-10-8(9)12-6(2)7-11-5-14(3)13-7/h5-6H,4H2,1-3H3,(H3,9,10,12). The Bertz CT molecular complexity index is 315. The summed E-state index contributed by atoms with van der Waals surface area (Å²) in [6.07, 6.45) is 1.65. The molecule has 0 aliphatic heterocycles. The van der Waals surface area contributed by atoms with E-state index in [0.29, 0.717) is 18.3 Å². The number of hydrogen-bond acceptors (Lipinski definition) is 3. The molecule has 1 rings (SSSR count). The molecule has 14 heavy (non-hydrogen) atoms. The van der Waals surface area contributed by atoms with Crippen LogP contribution in [0.25, 0.3) is 0 Å². The van der Waals surface area contributed by atoms with Gasteiger partial charge in [0.15, 0.2) is 11.8 Å². The third-order valence-electron chi connectivity index (χ3n) is 1.70. The Morgan fingerprint density at radius 2 is 2.50 bits per heavy atom. The van der Waals surface area contributed by atoms with Gasteiger partial charge in [0.2, 0.25) is 0 Å². The van der Waals surface area contributed by atoms with Crippen LogP contribution < -0.4 is 11.1 Å². The summed E-state index contributed by atoms with van der Waals surface area (Å²) < 4.78 is 1.65. The van der Waals surface area contributed by atoms with Crippen molar-refractivity contribution in [1.82, 2.24) is 20.1 Å². The van der Waals surface area contributed by atoms with E-state index >= 15 is 0 Å². The zero-order valence-corrected chi connectivity index (χ0v) is 8.73. The molecule has 1 heterocycles. The van der Waals surface area contributed by atoms with Crippen LogP contribution in [-0.4, -0.2) is 27.3 Å². The van der Waals surface area contributed by atoms with Crippen LogP contribution in [0.1, 0.15) is 25.7 Å². The van der Waals surface area contributed by atoms with Gasteiger partial charge in [-0.3, -0.25) is 9.67 Å². The lowest BCUT2D eigenvalue weighted by molar-refractivity contribution is 0.639. The van der Waals surface area contributed by atoms with Gasteiger partial charge in [-0.05, 0) is 13.8 Å². The summed E-state index contributed by atoms with van der Waals surface area (Å²) in [5.41, 5.74) is 5.61. The second kappa shape index (κ2) is 4.59. The Labute approximate surface area is 83.2 Å². The van der Waals surface area contributed by atoms with E-state index in [1.165, 1.54) is 0 Å². The predicted octanol–water partition coefficient (Wildman–Crippen LogP) is -0.200. The minimum atomic E-state index is -0.0218. The maximum Gasteiger partial charge on any atom is 0.189 e. The van der Waals surface area contributed by atoms with Gasteiger partial charge < -0.3 is 11.1 Å². The molecule has 0 fully saturated rings. The van der Waals surface area contributed by atoms with Crippen molar-refractivity contribution in [2.45, 2.75) is 19.9 Å². The second-order valence-electron chi connectivity index (χ2n) is 3.00. The molecule has 3 N–H and O–H groups in total. The summed E-state index contributed by atoms with van der Waals surface area (Å²) in [6.45, 7) is 4.53. The van der Waals surface area contributed by atoms with E-state index in [1.54, 1.807) is 11.0 Å². The van der Waals surface area contributed by atoms with Crippen LogP contribution in [0.2, 0.25) is 0 Å². The normalized spacial score (nSPS) is 14.1. The van der Waals surface area contributed by atoms with Crippen molar-refractivity contribution in [1.29, 1.82) is 0 Å². The molecule has 0 saturated carbocycles. The molecule has 1 atom stereocenters. The first-order valence-corrected chi connectivity index (χ1v) is 4.55. The Hall–Kier alpha value is -1.59. The molecule has 0 spiro atoms. The molecule has 0 radical (unpaired) electrons. The van der Waals surface area contributed by atoms with Gasteiger partial charge >= 0.3 is 0 Å². The summed E-state index contributed by atoms with van der Waals surface area (Å²) in [5.74, 6) is 1.13. The van der Waals surface area contributed by atoms with E-state index in [1.807, 2.05) is 20.9 Å². The molecule has 0 amide bonds. The largest absolute Gasteiger partial charge is 0.370 e. The summed E-state index contributed by atoms with van der Waals surface area (Å²) in [7, 11) is 1.83.